The third-order valence-corrected chi connectivity index (χ3v) is 7.48. The van der Waals surface area contributed by atoms with E-state index in [4.69, 9.17) is 15.5 Å². The molecule has 0 radical (unpaired) electrons. The van der Waals surface area contributed by atoms with Crippen LogP contribution in [0.4, 0.5) is 11.8 Å². The zero-order valence-corrected chi connectivity index (χ0v) is 23.1. The molecule has 1 amide bonds. The molecule has 0 aliphatic heterocycles. The Morgan fingerprint density at radius 3 is 2.67 bits per heavy atom. The van der Waals surface area contributed by atoms with Crippen molar-refractivity contribution in [3.8, 4) is 17.0 Å². The van der Waals surface area contributed by atoms with Crippen molar-refractivity contribution in [1.29, 1.82) is 0 Å². The van der Waals surface area contributed by atoms with E-state index in [2.05, 4.69) is 39.8 Å². The summed E-state index contributed by atoms with van der Waals surface area (Å²) >= 11 is 0. The maximum absolute atomic E-state index is 12.8. The van der Waals surface area contributed by atoms with Crippen LogP contribution in [0.3, 0.4) is 0 Å². The number of hydrogen-bond acceptors (Lipinski definition) is 7. The minimum Gasteiger partial charge on any atom is -0.496 e. The maximum Gasteiger partial charge on any atom is 0.230 e. The average molecular weight is 528 g/mol. The number of ether oxygens (including phenoxy) is 1. The van der Waals surface area contributed by atoms with Crippen LogP contribution < -0.4 is 21.1 Å². The Labute approximate surface area is 229 Å². The van der Waals surface area contributed by atoms with Crippen molar-refractivity contribution in [3.63, 3.8) is 0 Å². The number of fused-ring (bicyclic) bond motifs is 1. The lowest BCUT2D eigenvalue weighted by atomic mass is 9.92. The molecule has 2 aromatic carbocycles. The second-order valence-corrected chi connectivity index (χ2v) is 10.5. The van der Waals surface area contributed by atoms with Gasteiger partial charge < -0.3 is 21.1 Å². The standard InChI is InChI=1S/C30H37N7O2/c1-5-19-13-20(14-22-17-32-30(35-29(19)22)33-24-9-7-23(31)8-10-24)25-16-27(36-37(25)3)34-28(38)15-21-12-18(2)6-11-26(21)39-4/h6,11-14,16-17,23-24H,5,7-10,15,31H2,1-4H3,(H,32,33,35)(H,34,36,38). The van der Waals surface area contributed by atoms with Gasteiger partial charge in [-0.2, -0.15) is 5.10 Å². The van der Waals surface area contributed by atoms with Gasteiger partial charge >= 0.3 is 0 Å². The van der Waals surface area contributed by atoms with Gasteiger partial charge in [0.2, 0.25) is 11.9 Å². The van der Waals surface area contributed by atoms with E-state index < -0.39 is 0 Å². The summed E-state index contributed by atoms with van der Waals surface area (Å²) < 4.78 is 7.21. The third-order valence-electron chi connectivity index (χ3n) is 7.48. The number of aromatic nitrogens is 4. The quantitative estimate of drug-likeness (QED) is 0.302. The first-order valence-corrected chi connectivity index (χ1v) is 13.6. The molecular formula is C30H37N7O2. The monoisotopic (exact) mass is 527 g/mol. The Morgan fingerprint density at radius 1 is 1.13 bits per heavy atom. The van der Waals surface area contributed by atoms with E-state index in [1.807, 2.05) is 44.4 Å². The van der Waals surface area contributed by atoms with Gasteiger partial charge in [-0.3, -0.25) is 9.48 Å². The van der Waals surface area contributed by atoms with Crippen LogP contribution in [-0.4, -0.2) is 44.8 Å². The molecule has 1 aliphatic carbocycles. The lowest BCUT2D eigenvalue weighted by Gasteiger charge is -2.26. The van der Waals surface area contributed by atoms with E-state index in [0.717, 1.165) is 71.0 Å². The van der Waals surface area contributed by atoms with Gasteiger partial charge in [0.15, 0.2) is 5.82 Å². The molecule has 2 aromatic heterocycles. The van der Waals surface area contributed by atoms with Crippen LogP contribution in [0.2, 0.25) is 0 Å². The van der Waals surface area contributed by atoms with Gasteiger partial charge in [-0.05, 0) is 62.8 Å². The summed E-state index contributed by atoms with van der Waals surface area (Å²) in [5.41, 5.74) is 12.0. The van der Waals surface area contributed by atoms with E-state index in [1.165, 1.54) is 0 Å². The molecule has 5 rings (SSSR count). The summed E-state index contributed by atoms with van der Waals surface area (Å²) in [5, 5.41) is 12.0. The van der Waals surface area contributed by atoms with Crippen LogP contribution in [0, 0.1) is 6.92 Å². The summed E-state index contributed by atoms with van der Waals surface area (Å²) in [6, 6.07) is 12.6. The van der Waals surface area contributed by atoms with Crippen molar-refractivity contribution in [2.24, 2.45) is 12.8 Å². The van der Waals surface area contributed by atoms with Crippen molar-refractivity contribution >= 4 is 28.6 Å². The SMILES string of the molecule is CCc1cc(-c2cc(NC(=O)Cc3cc(C)ccc3OC)nn2C)cc2cnc(NC3CCC(N)CC3)nc12. The molecule has 1 aliphatic rings. The minimum absolute atomic E-state index is 0.148. The van der Waals surface area contributed by atoms with Crippen molar-refractivity contribution in [3.05, 3.63) is 59.3 Å². The molecule has 0 saturated heterocycles. The van der Waals surface area contributed by atoms with Crippen LogP contribution in [0.15, 0.2) is 42.6 Å². The fraction of sp³-hybridized carbons (Fsp3) is 0.400. The highest BCUT2D eigenvalue weighted by Gasteiger charge is 2.20. The lowest BCUT2D eigenvalue weighted by Crippen LogP contribution is -2.33. The Balaban J connectivity index is 1.35. The van der Waals surface area contributed by atoms with Gasteiger partial charge in [0.25, 0.3) is 0 Å². The summed E-state index contributed by atoms with van der Waals surface area (Å²) in [5.74, 6) is 1.72. The lowest BCUT2D eigenvalue weighted by molar-refractivity contribution is -0.115. The van der Waals surface area contributed by atoms with Crippen LogP contribution in [0.25, 0.3) is 22.2 Å². The summed E-state index contributed by atoms with van der Waals surface area (Å²) in [6.07, 6.45) is 7.06. The smallest absolute Gasteiger partial charge is 0.230 e. The number of amides is 1. The Hall–Kier alpha value is -3.98. The number of nitrogens with zero attached hydrogens (tertiary/aromatic N) is 4. The molecule has 0 unspecified atom stereocenters. The van der Waals surface area contributed by atoms with Crippen molar-refractivity contribution in [2.75, 3.05) is 17.7 Å². The molecule has 2 heterocycles. The Morgan fingerprint density at radius 2 is 1.92 bits per heavy atom. The first-order chi connectivity index (χ1) is 18.8. The molecule has 1 saturated carbocycles. The van der Waals surface area contributed by atoms with Gasteiger partial charge in [0, 0.05) is 47.9 Å². The second-order valence-electron chi connectivity index (χ2n) is 10.5. The van der Waals surface area contributed by atoms with Gasteiger partial charge in [0.1, 0.15) is 5.75 Å². The third kappa shape index (κ3) is 6.04. The number of carbonyl (C=O) groups is 1. The first kappa shape index (κ1) is 26.6. The van der Waals surface area contributed by atoms with Crippen molar-refractivity contribution in [1.82, 2.24) is 19.7 Å². The zero-order valence-electron chi connectivity index (χ0n) is 23.1. The summed E-state index contributed by atoms with van der Waals surface area (Å²) in [6.45, 7) is 4.13. The highest BCUT2D eigenvalue weighted by atomic mass is 16.5. The van der Waals surface area contributed by atoms with E-state index in [-0.39, 0.29) is 12.3 Å². The highest BCUT2D eigenvalue weighted by molar-refractivity contribution is 5.93. The maximum atomic E-state index is 12.8. The van der Waals surface area contributed by atoms with Crippen molar-refractivity contribution < 1.29 is 9.53 Å². The van der Waals surface area contributed by atoms with Crippen LogP contribution in [-0.2, 0) is 24.7 Å². The number of methoxy groups -OCH3 is 1. The van der Waals surface area contributed by atoms with E-state index in [1.54, 1.807) is 11.8 Å². The van der Waals surface area contributed by atoms with Crippen LogP contribution in [0.5, 0.6) is 5.75 Å². The molecule has 0 spiro atoms. The molecule has 0 bridgehead atoms. The predicted molar refractivity (Wildman–Crippen MR) is 155 cm³/mol. The number of carbonyl (C=O) groups excluding carboxylic acids is 1. The Kier molecular flexibility index (Phi) is 7.79. The normalized spacial score (nSPS) is 17.3. The average Bonchev–Trinajstić information content (AvgIpc) is 3.29. The minimum atomic E-state index is -0.148. The second kappa shape index (κ2) is 11.4. The molecule has 4 N–H and O–H groups in total. The van der Waals surface area contributed by atoms with Gasteiger partial charge in [0.05, 0.1) is 24.7 Å². The number of hydrogen-bond donors (Lipinski definition) is 3. The summed E-state index contributed by atoms with van der Waals surface area (Å²) in [4.78, 5) is 22.3. The molecule has 0 atom stereocenters. The molecule has 39 heavy (non-hydrogen) atoms. The number of nitrogens with one attached hydrogen (secondary N) is 2. The molecular weight excluding hydrogens is 490 g/mol. The number of nitrogens with two attached hydrogens (primary N) is 1. The van der Waals surface area contributed by atoms with Crippen molar-refractivity contribution in [2.45, 2.75) is 64.5 Å². The Bertz CT molecular complexity index is 1490. The van der Waals surface area contributed by atoms with Crippen LogP contribution >= 0.6 is 0 Å². The molecule has 4 aromatic rings. The highest BCUT2D eigenvalue weighted by Crippen LogP contribution is 2.30. The number of rotatable bonds is 8. The van der Waals surface area contributed by atoms with E-state index >= 15 is 0 Å². The molecule has 1 fully saturated rings. The molecule has 204 valence electrons. The molecule has 9 heteroatoms. The predicted octanol–water partition coefficient (Wildman–Crippen LogP) is 4.77. The van der Waals surface area contributed by atoms with Gasteiger partial charge in [-0.1, -0.05) is 24.6 Å². The largest absolute Gasteiger partial charge is 0.496 e. The number of aryl methyl sites for hydroxylation is 3. The van der Waals surface area contributed by atoms with Gasteiger partial charge in [-0.15, -0.1) is 0 Å². The fourth-order valence-corrected chi connectivity index (χ4v) is 5.36. The van der Waals surface area contributed by atoms with E-state index in [9.17, 15) is 4.79 Å². The number of anilines is 2. The topological polar surface area (TPSA) is 120 Å². The molecule has 9 nitrogen and oxygen atoms in total. The first-order valence-electron chi connectivity index (χ1n) is 13.6. The summed E-state index contributed by atoms with van der Waals surface area (Å²) in [7, 11) is 3.49. The van der Waals surface area contributed by atoms with E-state index in [0.29, 0.717) is 29.6 Å². The number of benzene rings is 2. The van der Waals surface area contributed by atoms with Crippen LogP contribution in [0.1, 0.15) is 49.3 Å². The van der Waals surface area contributed by atoms with Gasteiger partial charge in [-0.25, -0.2) is 9.97 Å². The zero-order chi connectivity index (χ0) is 27.5. The fourth-order valence-electron chi connectivity index (χ4n) is 5.36.